The molecular weight excluding hydrogens is 304 g/mol. The Kier molecular flexibility index (Phi) is 5.51. The van der Waals surface area contributed by atoms with Crippen molar-refractivity contribution in [2.75, 3.05) is 26.5 Å². The third-order valence-corrected chi connectivity index (χ3v) is 4.57. The third kappa shape index (κ3) is 4.37. The summed E-state index contributed by atoms with van der Waals surface area (Å²) < 4.78 is 6.26. The van der Waals surface area contributed by atoms with E-state index in [-0.39, 0.29) is 6.04 Å². The maximum absolute atomic E-state index is 6.01. The molecule has 3 nitrogen and oxygen atoms in total. The van der Waals surface area contributed by atoms with Gasteiger partial charge in [0.25, 0.3) is 0 Å². The van der Waals surface area contributed by atoms with Crippen LogP contribution < -0.4 is 10.1 Å². The number of halogens is 1. The molecule has 5 heteroatoms. The van der Waals surface area contributed by atoms with Crippen LogP contribution in [0.15, 0.2) is 30.3 Å². The van der Waals surface area contributed by atoms with Crippen molar-refractivity contribution in [3.8, 4) is 5.75 Å². The molecule has 0 aliphatic carbocycles. The van der Waals surface area contributed by atoms with Crippen molar-refractivity contribution in [3.05, 3.63) is 45.1 Å². The Bertz CT molecular complexity index is 598. The fourth-order valence-electron chi connectivity index (χ4n) is 2.20. The topological polar surface area (TPSA) is 24.5 Å². The van der Waals surface area contributed by atoms with E-state index in [1.54, 1.807) is 18.4 Å². The van der Waals surface area contributed by atoms with Crippen LogP contribution in [0.3, 0.4) is 0 Å². The van der Waals surface area contributed by atoms with E-state index in [9.17, 15) is 0 Å². The molecule has 1 aromatic carbocycles. The Morgan fingerprint density at radius 3 is 2.62 bits per heavy atom. The molecule has 2 rings (SSSR count). The van der Waals surface area contributed by atoms with Crippen molar-refractivity contribution in [2.24, 2.45) is 0 Å². The first-order valence-electron chi connectivity index (χ1n) is 6.83. The van der Waals surface area contributed by atoms with Crippen LogP contribution in [0.2, 0.25) is 4.34 Å². The van der Waals surface area contributed by atoms with Gasteiger partial charge in [-0.3, -0.25) is 0 Å². The predicted octanol–water partition coefficient (Wildman–Crippen LogP) is 4.64. The number of anilines is 1. The molecular formula is C16H21ClN2OS. The van der Waals surface area contributed by atoms with Gasteiger partial charge in [-0.05, 0) is 50.8 Å². The van der Waals surface area contributed by atoms with E-state index in [0.717, 1.165) is 22.3 Å². The molecule has 0 aliphatic heterocycles. The van der Waals surface area contributed by atoms with E-state index in [1.165, 1.54) is 10.4 Å². The second-order valence-electron chi connectivity index (χ2n) is 5.28. The summed E-state index contributed by atoms with van der Waals surface area (Å²) in [6.07, 6.45) is 0. The molecule has 1 atom stereocenters. The minimum absolute atomic E-state index is 0.186. The number of hydrogen-bond donors (Lipinski definition) is 1. The Hall–Kier alpha value is -1.23. The number of benzene rings is 1. The number of nitrogens with zero attached hydrogens (tertiary/aromatic N) is 1. The highest BCUT2D eigenvalue weighted by Crippen LogP contribution is 2.33. The number of nitrogens with one attached hydrogen (secondary N) is 1. The quantitative estimate of drug-likeness (QED) is 0.837. The van der Waals surface area contributed by atoms with Crippen LogP contribution in [0.25, 0.3) is 0 Å². The molecule has 1 N–H and O–H groups in total. The first-order valence-corrected chi connectivity index (χ1v) is 8.02. The van der Waals surface area contributed by atoms with Crippen LogP contribution in [0.1, 0.15) is 23.4 Å². The largest absolute Gasteiger partial charge is 0.495 e. The number of rotatable bonds is 6. The predicted molar refractivity (Wildman–Crippen MR) is 91.8 cm³/mol. The van der Waals surface area contributed by atoms with Crippen LogP contribution >= 0.6 is 22.9 Å². The first-order chi connectivity index (χ1) is 9.99. The van der Waals surface area contributed by atoms with Gasteiger partial charge in [-0.1, -0.05) is 17.7 Å². The number of hydrogen-bond acceptors (Lipinski definition) is 4. The second-order valence-corrected chi connectivity index (χ2v) is 7.03. The average Bonchev–Trinajstić information content (AvgIpc) is 2.85. The second kappa shape index (κ2) is 7.16. The average molecular weight is 325 g/mol. The van der Waals surface area contributed by atoms with Gasteiger partial charge in [-0.2, -0.15) is 0 Å². The summed E-state index contributed by atoms with van der Waals surface area (Å²) in [7, 11) is 5.82. The standard InChI is InChI=1S/C16H21ClN2OS/c1-11(15-7-8-16(17)21-15)18-13-9-12(10-19(2)3)5-6-14(13)20-4/h5-9,11,18H,10H2,1-4H3. The zero-order chi connectivity index (χ0) is 15.4. The molecule has 2 aromatic rings. The van der Waals surface area contributed by atoms with Crippen molar-refractivity contribution in [2.45, 2.75) is 19.5 Å². The fraction of sp³-hybridized carbons (Fsp3) is 0.375. The van der Waals surface area contributed by atoms with E-state index in [0.29, 0.717) is 0 Å². The van der Waals surface area contributed by atoms with Gasteiger partial charge < -0.3 is 15.0 Å². The molecule has 1 unspecified atom stereocenters. The van der Waals surface area contributed by atoms with Gasteiger partial charge in [0, 0.05) is 11.4 Å². The Morgan fingerprint density at radius 1 is 1.29 bits per heavy atom. The van der Waals surface area contributed by atoms with Crippen LogP contribution in [-0.4, -0.2) is 26.1 Å². The third-order valence-electron chi connectivity index (χ3n) is 3.16. The Morgan fingerprint density at radius 2 is 2.05 bits per heavy atom. The lowest BCUT2D eigenvalue weighted by atomic mass is 10.1. The van der Waals surface area contributed by atoms with Gasteiger partial charge in [-0.25, -0.2) is 0 Å². The zero-order valence-electron chi connectivity index (χ0n) is 12.8. The molecule has 1 aromatic heterocycles. The summed E-state index contributed by atoms with van der Waals surface area (Å²) in [4.78, 5) is 3.36. The summed E-state index contributed by atoms with van der Waals surface area (Å²) in [5, 5.41) is 3.51. The molecule has 0 radical (unpaired) electrons. The van der Waals surface area contributed by atoms with Gasteiger partial charge in [0.1, 0.15) is 5.75 Å². The number of ether oxygens (including phenoxy) is 1. The minimum Gasteiger partial charge on any atom is -0.495 e. The SMILES string of the molecule is COc1ccc(CN(C)C)cc1NC(C)c1ccc(Cl)s1. The molecule has 21 heavy (non-hydrogen) atoms. The maximum atomic E-state index is 6.01. The van der Waals surface area contributed by atoms with E-state index < -0.39 is 0 Å². The molecule has 0 fully saturated rings. The highest BCUT2D eigenvalue weighted by atomic mass is 35.5. The van der Waals surface area contributed by atoms with Gasteiger partial charge in [0.15, 0.2) is 0 Å². The molecule has 0 aliphatic rings. The summed E-state index contributed by atoms with van der Waals surface area (Å²) in [5.41, 5.74) is 2.26. The lowest BCUT2D eigenvalue weighted by molar-refractivity contribution is 0.400. The highest BCUT2D eigenvalue weighted by molar-refractivity contribution is 7.16. The van der Waals surface area contributed by atoms with Crippen molar-refractivity contribution >= 4 is 28.6 Å². The lowest BCUT2D eigenvalue weighted by Gasteiger charge is -2.18. The minimum atomic E-state index is 0.186. The maximum Gasteiger partial charge on any atom is 0.141 e. The van der Waals surface area contributed by atoms with Crippen LogP contribution in [0.4, 0.5) is 5.69 Å². The molecule has 0 amide bonds. The summed E-state index contributed by atoms with van der Waals surface area (Å²) in [5.74, 6) is 0.854. The molecule has 0 saturated carbocycles. The summed E-state index contributed by atoms with van der Waals surface area (Å²) in [6.45, 7) is 3.03. The van der Waals surface area contributed by atoms with Gasteiger partial charge in [-0.15, -0.1) is 11.3 Å². The highest BCUT2D eigenvalue weighted by Gasteiger charge is 2.12. The van der Waals surface area contributed by atoms with E-state index in [1.807, 2.05) is 12.1 Å². The molecule has 0 spiro atoms. The zero-order valence-corrected chi connectivity index (χ0v) is 14.4. The number of methoxy groups -OCH3 is 1. The Labute approximate surface area is 135 Å². The first kappa shape index (κ1) is 16.1. The van der Waals surface area contributed by atoms with Crippen LogP contribution in [0, 0.1) is 0 Å². The van der Waals surface area contributed by atoms with Gasteiger partial charge in [0.05, 0.1) is 23.2 Å². The summed E-state index contributed by atoms with van der Waals surface area (Å²) >= 11 is 7.61. The summed E-state index contributed by atoms with van der Waals surface area (Å²) in [6, 6.07) is 10.4. The van der Waals surface area contributed by atoms with Crippen LogP contribution in [-0.2, 0) is 6.54 Å². The fourth-order valence-corrected chi connectivity index (χ4v) is 3.26. The molecule has 0 bridgehead atoms. The van der Waals surface area contributed by atoms with E-state index in [2.05, 4.69) is 49.4 Å². The van der Waals surface area contributed by atoms with Crippen molar-refractivity contribution in [3.63, 3.8) is 0 Å². The smallest absolute Gasteiger partial charge is 0.141 e. The Balaban J connectivity index is 2.20. The number of thiophene rings is 1. The van der Waals surface area contributed by atoms with Gasteiger partial charge in [0.2, 0.25) is 0 Å². The van der Waals surface area contributed by atoms with E-state index >= 15 is 0 Å². The van der Waals surface area contributed by atoms with Crippen molar-refractivity contribution in [1.82, 2.24) is 4.90 Å². The lowest BCUT2D eigenvalue weighted by Crippen LogP contribution is -2.12. The van der Waals surface area contributed by atoms with Crippen molar-refractivity contribution < 1.29 is 4.74 Å². The molecule has 0 saturated heterocycles. The van der Waals surface area contributed by atoms with Gasteiger partial charge >= 0.3 is 0 Å². The monoisotopic (exact) mass is 324 g/mol. The molecule has 1 heterocycles. The van der Waals surface area contributed by atoms with Crippen LogP contribution in [0.5, 0.6) is 5.75 Å². The molecule has 114 valence electrons. The normalized spacial score (nSPS) is 12.5. The van der Waals surface area contributed by atoms with E-state index in [4.69, 9.17) is 16.3 Å². The van der Waals surface area contributed by atoms with Crippen molar-refractivity contribution in [1.29, 1.82) is 0 Å².